The molecule has 0 aromatic rings. The van der Waals surface area contributed by atoms with E-state index in [0.29, 0.717) is 9.21 Å². The zero-order valence-electron chi connectivity index (χ0n) is 4.07. The molecular formula is C4H6Br2N2. The molecule has 0 heterocycles. The van der Waals surface area contributed by atoms with Crippen molar-refractivity contribution in [1.29, 1.82) is 0 Å². The molecule has 2 nitrogen and oxygen atoms in total. The molecule has 4 N–H and O–H groups in total. The monoisotopic (exact) mass is 240 g/mol. The van der Waals surface area contributed by atoms with E-state index in [2.05, 4.69) is 31.9 Å². The minimum atomic E-state index is 0.555. The Labute approximate surface area is 64.9 Å². The van der Waals surface area contributed by atoms with Crippen LogP contribution in [-0.4, -0.2) is 0 Å². The molecule has 0 spiro atoms. The van der Waals surface area contributed by atoms with E-state index in [4.69, 9.17) is 11.5 Å². The van der Waals surface area contributed by atoms with Crippen LogP contribution in [-0.2, 0) is 0 Å². The van der Waals surface area contributed by atoms with Crippen LogP contribution in [0.1, 0.15) is 0 Å². The van der Waals surface area contributed by atoms with Crippen molar-refractivity contribution < 1.29 is 0 Å². The van der Waals surface area contributed by atoms with Crippen molar-refractivity contribution >= 4 is 31.9 Å². The van der Waals surface area contributed by atoms with Gasteiger partial charge in [0, 0.05) is 0 Å². The highest BCUT2D eigenvalue weighted by molar-refractivity contribution is 9.12. The van der Waals surface area contributed by atoms with Crippen molar-refractivity contribution in [3.05, 3.63) is 21.4 Å². The van der Waals surface area contributed by atoms with E-state index in [1.165, 1.54) is 0 Å². The molecule has 0 unspecified atom stereocenters. The Morgan fingerprint density at radius 3 is 1.38 bits per heavy atom. The molecule has 0 amide bonds. The molecule has 0 atom stereocenters. The van der Waals surface area contributed by atoms with Crippen LogP contribution in [0.4, 0.5) is 0 Å². The Balaban J connectivity index is 3.76. The van der Waals surface area contributed by atoms with Crippen molar-refractivity contribution in [1.82, 2.24) is 0 Å². The molecule has 0 rings (SSSR count). The van der Waals surface area contributed by atoms with Crippen LogP contribution >= 0.6 is 31.9 Å². The van der Waals surface area contributed by atoms with Gasteiger partial charge in [0.15, 0.2) is 0 Å². The van der Waals surface area contributed by atoms with Crippen molar-refractivity contribution in [3.8, 4) is 0 Å². The molecule has 0 aromatic heterocycles. The van der Waals surface area contributed by atoms with Gasteiger partial charge in [0.05, 0.1) is 9.21 Å². The molecule has 0 aliphatic carbocycles. The van der Waals surface area contributed by atoms with Gasteiger partial charge in [-0.25, -0.2) is 0 Å². The Kier molecular flexibility index (Phi) is 3.99. The fourth-order valence-electron chi connectivity index (χ4n) is 0.159. The summed E-state index contributed by atoms with van der Waals surface area (Å²) in [5, 5.41) is 0. The van der Waals surface area contributed by atoms with Crippen LogP contribution in [0.5, 0.6) is 0 Å². The van der Waals surface area contributed by atoms with Crippen LogP contribution in [0.2, 0.25) is 0 Å². The highest BCUT2D eigenvalue weighted by Gasteiger charge is 1.75. The average Bonchev–Trinajstić information content (AvgIpc) is 1.61. The van der Waals surface area contributed by atoms with Gasteiger partial charge in [0.1, 0.15) is 0 Å². The second kappa shape index (κ2) is 3.97. The van der Waals surface area contributed by atoms with Crippen LogP contribution in [0.3, 0.4) is 0 Å². The van der Waals surface area contributed by atoms with Gasteiger partial charge in [-0.05, 0) is 44.0 Å². The molecule has 0 aliphatic rings. The predicted molar refractivity (Wildman–Crippen MR) is 42.4 cm³/mol. The van der Waals surface area contributed by atoms with Crippen LogP contribution < -0.4 is 11.5 Å². The Morgan fingerprint density at radius 2 is 1.25 bits per heavy atom. The summed E-state index contributed by atoms with van der Waals surface area (Å²) >= 11 is 6.04. The summed E-state index contributed by atoms with van der Waals surface area (Å²) in [5.74, 6) is 0. The molecule has 4 heteroatoms. The van der Waals surface area contributed by atoms with Gasteiger partial charge in [0.25, 0.3) is 0 Å². The Hall–Kier alpha value is 0.0400. The molecule has 46 valence electrons. The van der Waals surface area contributed by atoms with E-state index >= 15 is 0 Å². The Morgan fingerprint density at radius 1 is 1.00 bits per heavy atom. The van der Waals surface area contributed by atoms with Gasteiger partial charge in [-0.3, -0.25) is 0 Å². The molecule has 0 bridgehead atoms. The van der Waals surface area contributed by atoms with E-state index in [1.807, 2.05) is 0 Å². The summed E-state index contributed by atoms with van der Waals surface area (Å²) in [6.07, 6.45) is 3.29. The molecule has 0 saturated heterocycles. The molecule has 0 fully saturated rings. The first kappa shape index (κ1) is 8.04. The summed E-state index contributed by atoms with van der Waals surface area (Å²) < 4.78 is 1.11. The van der Waals surface area contributed by atoms with Gasteiger partial charge < -0.3 is 11.5 Å². The topological polar surface area (TPSA) is 52.0 Å². The van der Waals surface area contributed by atoms with Gasteiger partial charge >= 0.3 is 0 Å². The highest BCUT2D eigenvalue weighted by Crippen LogP contribution is 1.98. The number of rotatable bonds is 1. The zero-order valence-corrected chi connectivity index (χ0v) is 7.24. The van der Waals surface area contributed by atoms with Crippen LogP contribution in [0, 0.1) is 0 Å². The molecule has 0 aromatic carbocycles. The summed E-state index contributed by atoms with van der Waals surface area (Å²) in [6, 6.07) is 0. The smallest absolute Gasteiger partial charge is 0.0754 e. The summed E-state index contributed by atoms with van der Waals surface area (Å²) in [4.78, 5) is 0. The van der Waals surface area contributed by atoms with E-state index in [-0.39, 0.29) is 0 Å². The van der Waals surface area contributed by atoms with Crippen molar-refractivity contribution in [2.45, 2.75) is 0 Å². The zero-order chi connectivity index (χ0) is 6.57. The maximum atomic E-state index is 5.20. The van der Waals surface area contributed by atoms with Crippen molar-refractivity contribution in [2.24, 2.45) is 11.5 Å². The molecule has 0 radical (unpaired) electrons. The minimum absolute atomic E-state index is 0.555. The minimum Gasteiger partial charge on any atom is -0.393 e. The number of nitrogens with two attached hydrogens (primary N) is 2. The predicted octanol–water partition coefficient (Wildman–Crippen LogP) is 1.38. The van der Waals surface area contributed by atoms with Crippen LogP contribution in [0.15, 0.2) is 21.4 Å². The first-order valence-electron chi connectivity index (χ1n) is 1.87. The first-order valence-corrected chi connectivity index (χ1v) is 3.45. The van der Waals surface area contributed by atoms with Gasteiger partial charge in [-0.2, -0.15) is 0 Å². The SMILES string of the molecule is N/C(Br)=C\C=C(/N)Br. The number of allylic oxidation sites excluding steroid dienone is 2. The lowest BCUT2D eigenvalue weighted by Crippen LogP contribution is -1.87. The summed E-state index contributed by atoms with van der Waals surface area (Å²) in [6.45, 7) is 0. The largest absolute Gasteiger partial charge is 0.393 e. The van der Waals surface area contributed by atoms with E-state index in [0.717, 1.165) is 0 Å². The summed E-state index contributed by atoms with van der Waals surface area (Å²) in [7, 11) is 0. The number of hydrogen-bond acceptors (Lipinski definition) is 2. The van der Waals surface area contributed by atoms with Crippen LogP contribution in [0.25, 0.3) is 0 Å². The number of hydrogen-bond donors (Lipinski definition) is 2. The summed E-state index contributed by atoms with van der Waals surface area (Å²) in [5.41, 5.74) is 10.4. The van der Waals surface area contributed by atoms with Gasteiger partial charge in [-0.1, -0.05) is 0 Å². The lowest BCUT2D eigenvalue weighted by atomic mass is 10.6. The molecular weight excluding hydrogens is 236 g/mol. The second-order valence-electron chi connectivity index (χ2n) is 1.10. The quantitative estimate of drug-likeness (QED) is 0.539. The standard InChI is InChI=1S/C4H6Br2N2/c5-3(7)1-2-4(6)8/h1-2H,7-8H2/b3-1-,4-2-. The lowest BCUT2D eigenvalue weighted by molar-refractivity contribution is 1.52. The van der Waals surface area contributed by atoms with Gasteiger partial charge in [0.2, 0.25) is 0 Å². The maximum Gasteiger partial charge on any atom is 0.0754 e. The fraction of sp³-hybridized carbons (Fsp3) is 0. The average molecular weight is 242 g/mol. The second-order valence-corrected chi connectivity index (χ2v) is 2.93. The fourth-order valence-corrected chi connectivity index (χ4v) is 0.424. The Bertz CT molecular complexity index is 104. The molecule has 8 heavy (non-hydrogen) atoms. The van der Waals surface area contributed by atoms with Crippen molar-refractivity contribution in [3.63, 3.8) is 0 Å². The van der Waals surface area contributed by atoms with E-state index in [9.17, 15) is 0 Å². The van der Waals surface area contributed by atoms with Crippen molar-refractivity contribution in [2.75, 3.05) is 0 Å². The van der Waals surface area contributed by atoms with E-state index < -0.39 is 0 Å². The van der Waals surface area contributed by atoms with E-state index in [1.54, 1.807) is 12.2 Å². The number of halogens is 2. The third kappa shape index (κ3) is 6.04. The lowest BCUT2D eigenvalue weighted by Gasteiger charge is -1.82. The highest BCUT2D eigenvalue weighted by atomic mass is 79.9. The molecule has 0 saturated carbocycles. The molecule has 0 aliphatic heterocycles. The maximum absolute atomic E-state index is 5.20. The normalized spacial score (nSPS) is 14.2. The third-order valence-electron chi connectivity index (χ3n) is 0.402. The third-order valence-corrected chi connectivity index (χ3v) is 0.930. The van der Waals surface area contributed by atoms with Gasteiger partial charge in [-0.15, -0.1) is 0 Å². The first-order chi connectivity index (χ1) is 3.63.